The minimum absolute atomic E-state index is 0.0527. The molecule has 0 amide bonds. The number of nitro groups is 1. The molecule has 2 N–H and O–H groups in total. The Balaban J connectivity index is 1.60. The zero-order valence-electron chi connectivity index (χ0n) is 13.2. The van der Waals surface area contributed by atoms with Gasteiger partial charge in [-0.1, -0.05) is 12.1 Å². The van der Waals surface area contributed by atoms with Gasteiger partial charge in [0.15, 0.2) is 5.82 Å². The monoisotopic (exact) mass is 323 g/mol. The van der Waals surface area contributed by atoms with Gasteiger partial charge in [-0.15, -0.1) is 0 Å². The lowest BCUT2D eigenvalue weighted by Gasteiger charge is -2.05. The van der Waals surface area contributed by atoms with E-state index in [0.29, 0.717) is 12.2 Å². The smallest absolute Gasteiger partial charge is 0.269 e. The Kier molecular flexibility index (Phi) is 4.51. The fourth-order valence-corrected chi connectivity index (χ4v) is 2.35. The number of hydrogen-bond acceptors (Lipinski definition) is 5. The lowest BCUT2D eigenvalue weighted by atomic mass is 10.2. The Morgan fingerprint density at radius 1 is 1.21 bits per heavy atom. The van der Waals surface area contributed by atoms with Crippen molar-refractivity contribution >= 4 is 11.4 Å². The average Bonchev–Trinajstić information content (AvgIpc) is 3.04. The molecule has 7 nitrogen and oxygen atoms in total. The molecule has 3 rings (SSSR count). The predicted octanol–water partition coefficient (Wildman–Crippen LogP) is 3.34. The molecular weight excluding hydrogens is 306 g/mol. The van der Waals surface area contributed by atoms with Gasteiger partial charge >= 0.3 is 0 Å². The van der Waals surface area contributed by atoms with Gasteiger partial charge in [0.2, 0.25) is 0 Å². The third-order valence-electron chi connectivity index (χ3n) is 3.58. The minimum atomic E-state index is -0.426. The van der Waals surface area contributed by atoms with E-state index in [0.717, 1.165) is 23.6 Å². The second-order valence-corrected chi connectivity index (χ2v) is 5.46. The summed E-state index contributed by atoms with van der Waals surface area (Å²) in [6, 6.07) is 14.4. The van der Waals surface area contributed by atoms with Gasteiger partial charge in [-0.2, -0.15) is 5.10 Å². The average molecular weight is 323 g/mol. The number of rotatable bonds is 6. The quantitative estimate of drug-likeness (QED) is 0.535. The van der Waals surface area contributed by atoms with E-state index < -0.39 is 4.92 Å². The first-order valence-corrected chi connectivity index (χ1v) is 7.58. The van der Waals surface area contributed by atoms with Gasteiger partial charge in [0.05, 0.1) is 4.92 Å². The van der Waals surface area contributed by atoms with Crippen LogP contribution in [0.2, 0.25) is 0 Å². The third-order valence-corrected chi connectivity index (χ3v) is 3.58. The summed E-state index contributed by atoms with van der Waals surface area (Å²) in [5.74, 6) is 1.30. The van der Waals surface area contributed by atoms with E-state index in [1.54, 1.807) is 12.1 Å². The second kappa shape index (κ2) is 6.91. The van der Waals surface area contributed by atoms with Crippen LogP contribution in [0, 0.1) is 17.0 Å². The molecule has 24 heavy (non-hydrogen) atoms. The van der Waals surface area contributed by atoms with Gasteiger partial charge in [-0.25, -0.2) is 4.98 Å². The number of nitrogens with one attached hydrogen (secondary N) is 2. The summed E-state index contributed by atoms with van der Waals surface area (Å²) in [6.45, 7) is 2.79. The molecular formula is C17H17N5O2. The van der Waals surface area contributed by atoms with Crippen molar-refractivity contribution in [1.29, 1.82) is 0 Å². The Morgan fingerprint density at radius 3 is 2.71 bits per heavy atom. The van der Waals surface area contributed by atoms with E-state index in [1.807, 2.05) is 12.1 Å². The van der Waals surface area contributed by atoms with Crippen molar-refractivity contribution in [3.05, 3.63) is 70.0 Å². The molecule has 0 saturated carbocycles. The number of nitro benzene ring substituents is 1. The number of H-pyrrole nitrogens is 1. The zero-order valence-corrected chi connectivity index (χ0v) is 13.2. The number of nitrogens with zero attached hydrogens (tertiary/aromatic N) is 3. The SMILES string of the molecule is Cc1cccc(NCCc2nc(-c3ccc([N+](=O)[O-])cc3)n[nH]2)c1. The largest absolute Gasteiger partial charge is 0.385 e. The van der Waals surface area contributed by atoms with Crippen LogP contribution in [0.5, 0.6) is 0 Å². The number of hydrogen-bond donors (Lipinski definition) is 2. The van der Waals surface area contributed by atoms with Gasteiger partial charge in [0, 0.05) is 36.3 Å². The van der Waals surface area contributed by atoms with Gasteiger partial charge in [0.25, 0.3) is 5.69 Å². The molecule has 0 radical (unpaired) electrons. The van der Waals surface area contributed by atoms with Crippen LogP contribution in [-0.4, -0.2) is 26.6 Å². The standard InChI is InChI=1S/C17H17N5O2/c1-12-3-2-4-14(11-12)18-10-9-16-19-17(21-20-16)13-5-7-15(8-6-13)22(23)24/h2-8,11,18H,9-10H2,1H3,(H,19,20,21). The highest BCUT2D eigenvalue weighted by atomic mass is 16.6. The van der Waals surface area contributed by atoms with Gasteiger partial charge in [0.1, 0.15) is 5.82 Å². The maximum atomic E-state index is 10.7. The highest BCUT2D eigenvalue weighted by molar-refractivity contribution is 5.56. The lowest BCUT2D eigenvalue weighted by Crippen LogP contribution is -2.06. The van der Waals surface area contributed by atoms with Crippen molar-refractivity contribution in [2.24, 2.45) is 0 Å². The zero-order chi connectivity index (χ0) is 16.9. The van der Waals surface area contributed by atoms with E-state index in [1.165, 1.54) is 17.7 Å². The molecule has 0 unspecified atom stereocenters. The molecule has 3 aromatic rings. The van der Waals surface area contributed by atoms with E-state index in [2.05, 4.69) is 39.6 Å². The van der Waals surface area contributed by atoms with E-state index in [-0.39, 0.29) is 5.69 Å². The predicted molar refractivity (Wildman–Crippen MR) is 91.8 cm³/mol. The van der Waals surface area contributed by atoms with Crippen molar-refractivity contribution in [1.82, 2.24) is 15.2 Å². The molecule has 0 fully saturated rings. The highest BCUT2D eigenvalue weighted by Gasteiger charge is 2.09. The van der Waals surface area contributed by atoms with Crippen LogP contribution in [-0.2, 0) is 6.42 Å². The topological polar surface area (TPSA) is 96.7 Å². The molecule has 122 valence electrons. The first kappa shape index (κ1) is 15.7. The van der Waals surface area contributed by atoms with E-state index >= 15 is 0 Å². The summed E-state index contributed by atoms with van der Waals surface area (Å²) in [4.78, 5) is 14.7. The summed E-state index contributed by atoms with van der Waals surface area (Å²) >= 11 is 0. The molecule has 0 bridgehead atoms. The summed E-state index contributed by atoms with van der Waals surface area (Å²) in [6.07, 6.45) is 0.702. The van der Waals surface area contributed by atoms with Gasteiger partial charge in [-0.3, -0.25) is 15.2 Å². The number of aryl methyl sites for hydroxylation is 1. The molecule has 7 heteroatoms. The number of aromatic nitrogens is 3. The molecule has 1 heterocycles. The first-order chi connectivity index (χ1) is 11.6. The van der Waals surface area contributed by atoms with Crippen molar-refractivity contribution in [3.63, 3.8) is 0 Å². The van der Waals surface area contributed by atoms with Crippen LogP contribution in [0.25, 0.3) is 11.4 Å². The molecule has 0 atom stereocenters. The van der Waals surface area contributed by atoms with Crippen molar-refractivity contribution in [2.45, 2.75) is 13.3 Å². The molecule has 0 aliphatic carbocycles. The second-order valence-electron chi connectivity index (χ2n) is 5.46. The van der Waals surface area contributed by atoms with Crippen LogP contribution in [0.3, 0.4) is 0 Å². The number of aromatic amines is 1. The molecule has 1 aromatic heterocycles. The van der Waals surface area contributed by atoms with Crippen molar-refractivity contribution < 1.29 is 4.92 Å². The number of anilines is 1. The Morgan fingerprint density at radius 2 is 2.00 bits per heavy atom. The third kappa shape index (κ3) is 3.75. The van der Waals surface area contributed by atoms with Crippen LogP contribution < -0.4 is 5.32 Å². The first-order valence-electron chi connectivity index (χ1n) is 7.58. The normalized spacial score (nSPS) is 10.5. The van der Waals surface area contributed by atoms with Gasteiger partial charge < -0.3 is 5.32 Å². The molecule has 0 saturated heterocycles. The van der Waals surface area contributed by atoms with Crippen LogP contribution in [0.15, 0.2) is 48.5 Å². The van der Waals surface area contributed by atoms with Crippen LogP contribution >= 0.6 is 0 Å². The van der Waals surface area contributed by atoms with Crippen LogP contribution in [0.4, 0.5) is 11.4 Å². The lowest BCUT2D eigenvalue weighted by molar-refractivity contribution is -0.384. The molecule has 0 aliphatic rings. The Bertz CT molecular complexity index is 842. The maximum absolute atomic E-state index is 10.7. The fraction of sp³-hybridized carbons (Fsp3) is 0.176. The maximum Gasteiger partial charge on any atom is 0.269 e. The van der Waals surface area contributed by atoms with Crippen molar-refractivity contribution in [3.8, 4) is 11.4 Å². The number of benzene rings is 2. The summed E-state index contributed by atoms with van der Waals surface area (Å²) in [7, 11) is 0. The summed E-state index contributed by atoms with van der Waals surface area (Å²) < 4.78 is 0. The van der Waals surface area contributed by atoms with E-state index in [4.69, 9.17) is 0 Å². The minimum Gasteiger partial charge on any atom is -0.385 e. The summed E-state index contributed by atoms with van der Waals surface area (Å²) in [5, 5.41) is 21.1. The summed E-state index contributed by atoms with van der Waals surface area (Å²) in [5.41, 5.74) is 3.08. The van der Waals surface area contributed by atoms with Crippen molar-refractivity contribution in [2.75, 3.05) is 11.9 Å². The number of non-ortho nitro benzene ring substituents is 1. The van der Waals surface area contributed by atoms with E-state index in [9.17, 15) is 10.1 Å². The fourth-order valence-electron chi connectivity index (χ4n) is 2.35. The van der Waals surface area contributed by atoms with Gasteiger partial charge in [-0.05, 0) is 36.8 Å². The molecule has 0 spiro atoms. The van der Waals surface area contributed by atoms with Crippen LogP contribution in [0.1, 0.15) is 11.4 Å². The molecule has 2 aromatic carbocycles. The highest BCUT2D eigenvalue weighted by Crippen LogP contribution is 2.19. The Labute approximate surface area is 138 Å². The molecule has 0 aliphatic heterocycles. The Hall–Kier alpha value is -3.22.